The molecule has 1 heterocycles. The predicted molar refractivity (Wildman–Crippen MR) is 79.2 cm³/mol. The van der Waals surface area contributed by atoms with E-state index in [2.05, 4.69) is 36.6 Å². The molecule has 2 unspecified atom stereocenters. The third-order valence-corrected chi connectivity index (χ3v) is 4.57. The fourth-order valence-corrected chi connectivity index (χ4v) is 3.52. The van der Waals surface area contributed by atoms with E-state index in [0.717, 1.165) is 12.3 Å². The van der Waals surface area contributed by atoms with Crippen LogP contribution in [0.25, 0.3) is 10.9 Å². The summed E-state index contributed by atoms with van der Waals surface area (Å²) < 4.78 is 2.02. The Labute approximate surface area is 115 Å². The molecule has 3 heteroatoms. The van der Waals surface area contributed by atoms with Crippen molar-refractivity contribution in [1.82, 2.24) is 15.1 Å². The van der Waals surface area contributed by atoms with Crippen LogP contribution in [0.2, 0.25) is 0 Å². The molecular weight excluding hydrogens is 234 g/mol. The van der Waals surface area contributed by atoms with Crippen LogP contribution in [0.15, 0.2) is 24.3 Å². The molecule has 1 N–H and O–H groups in total. The number of rotatable bonds is 3. The molecule has 1 fully saturated rings. The Bertz CT molecular complexity index is 558. The van der Waals surface area contributed by atoms with E-state index in [-0.39, 0.29) is 0 Å². The Hall–Kier alpha value is -1.35. The van der Waals surface area contributed by atoms with Crippen LogP contribution in [0.1, 0.15) is 31.4 Å². The van der Waals surface area contributed by atoms with E-state index in [1.54, 1.807) is 0 Å². The van der Waals surface area contributed by atoms with Gasteiger partial charge < -0.3 is 5.32 Å². The highest BCUT2D eigenvalue weighted by molar-refractivity contribution is 5.81. The Balaban J connectivity index is 1.88. The van der Waals surface area contributed by atoms with Crippen LogP contribution in [0.3, 0.4) is 0 Å². The maximum absolute atomic E-state index is 4.74. The first-order valence-electron chi connectivity index (χ1n) is 7.37. The fraction of sp³-hybridized carbons (Fsp3) is 0.562. The van der Waals surface area contributed by atoms with Gasteiger partial charge >= 0.3 is 0 Å². The van der Waals surface area contributed by atoms with E-state index in [1.807, 2.05) is 11.7 Å². The Morgan fingerprint density at radius 1 is 1.26 bits per heavy atom. The van der Waals surface area contributed by atoms with Crippen LogP contribution < -0.4 is 5.32 Å². The van der Waals surface area contributed by atoms with Crippen molar-refractivity contribution in [2.45, 2.75) is 38.1 Å². The van der Waals surface area contributed by atoms with Crippen molar-refractivity contribution in [3.63, 3.8) is 0 Å². The second-order valence-electron chi connectivity index (χ2n) is 5.73. The quantitative estimate of drug-likeness (QED) is 0.916. The normalized spacial score (nSPS) is 23.9. The summed E-state index contributed by atoms with van der Waals surface area (Å²) in [6.45, 7) is 0. The molecule has 2 aromatic rings. The van der Waals surface area contributed by atoms with Gasteiger partial charge in [-0.2, -0.15) is 5.10 Å². The lowest BCUT2D eigenvalue weighted by atomic mass is 9.81. The minimum Gasteiger partial charge on any atom is -0.317 e. The molecule has 0 spiro atoms. The number of benzene rings is 1. The van der Waals surface area contributed by atoms with Gasteiger partial charge in [0.1, 0.15) is 0 Å². The number of para-hydroxylation sites is 1. The summed E-state index contributed by atoms with van der Waals surface area (Å²) in [6, 6.07) is 9.22. The molecule has 1 aromatic heterocycles. The summed E-state index contributed by atoms with van der Waals surface area (Å²) in [7, 11) is 4.14. The monoisotopic (exact) mass is 257 g/mol. The summed E-state index contributed by atoms with van der Waals surface area (Å²) >= 11 is 0. The zero-order chi connectivity index (χ0) is 13.2. The van der Waals surface area contributed by atoms with Gasteiger partial charge in [-0.25, -0.2) is 0 Å². The van der Waals surface area contributed by atoms with Crippen molar-refractivity contribution in [2.75, 3.05) is 7.05 Å². The van der Waals surface area contributed by atoms with Crippen molar-refractivity contribution in [1.29, 1.82) is 0 Å². The average Bonchev–Trinajstić information content (AvgIpc) is 2.77. The van der Waals surface area contributed by atoms with E-state index in [1.165, 1.54) is 42.3 Å². The third-order valence-electron chi connectivity index (χ3n) is 4.57. The van der Waals surface area contributed by atoms with Crippen molar-refractivity contribution in [3.05, 3.63) is 30.0 Å². The SMILES string of the molecule is CNC1CCCCC1Cc1nn(C)c2ccccc12. The number of fused-ring (bicyclic) bond motifs is 1. The van der Waals surface area contributed by atoms with Gasteiger partial charge in [-0.1, -0.05) is 31.0 Å². The van der Waals surface area contributed by atoms with E-state index >= 15 is 0 Å². The second-order valence-corrected chi connectivity index (χ2v) is 5.73. The molecule has 0 aliphatic heterocycles. The molecule has 102 valence electrons. The maximum Gasteiger partial charge on any atom is 0.0706 e. The van der Waals surface area contributed by atoms with E-state index < -0.39 is 0 Å². The summed E-state index contributed by atoms with van der Waals surface area (Å²) in [6.07, 6.45) is 6.48. The third kappa shape index (κ3) is 2.39. The van der Waals surface area contributed by atoms with Crippen LogP contribution in [-0.2, 0) is 13.5 Å². The highest BCUT2D eigenvalue weighted by Crippen LogP contribution is 2.29. The number of aryl methyl sites for hydroxylation is 1. The standard InChI is InChI=1S/C16H23N3/c1-17-14-9-5-3-7-12(14)11-15-13-8-4-6-10-16(13)19(2)18-15/h4,6,8,10,12,14,17H,3,5,7,9,11H2,1-2H3. The molecule has 1 saturated carbocycles. The second kappa shape index (κ2) is 5.33. The summed E-state index contributed by atoms with van der Waals surface area (Å²) in [5.74, 6) is 0.733. The van der Waals surface area contributed by atoms with Gasteiger partial charge in [0.05, 0.1) is 11.2 Å². The molecule has 0 saturated heterocycles. The van der Waals surface area contributed by atoms with Gasteiger partial charge in [-0.05, 0) is 38.3 Å². The highest BCUT2D eigenvalue weighted by atomic mass is 15.3. The minimum atomic E-state index is 0.662. The zero-order valence-electron chi connectivity index (χ0n) is 11.9. The molecule has 0 bridgehead atoms. The smallest absolute Gasteiger partial charge is 0.0706 e. The summed E-state index contributed by atoms with van der Waals surface area (Å²) in [4.78, 5) is 0. The number of aromatic nitrogens is 2. The molecule has 0 amide bonds. The first-order valence-corrected chi connectivity index (χ1v) is 7.37. The Kier molecular flexibility index (Phi) is 3.56. The highest BCUT2D eigenvalue weighted by Gasteiger charge is 2.25. The number of hydrogen-bond acceptors (Lipinski definition) is 2. The maximum atomic E-state index is 4.74. The topological polar surface area (TPSA) is 29.9 Å². The summed E-state index contributed by atoms with van der Waals surface area (Å²) in [5.41, 5.74) is 2.51. The molecule has 3 nitrogen and oxygen atoms in total. The lowest BCUT2D eigenvalue weighted by Gasteiger charge is -2.30. The van der Waals surface area contributed by atoms with Gasteiger partial charge in [-0.15, -0.1) is 0 Å². The first-order chi connectivity index (χ1) is 9.29. The first kappa shape index (κ1) is 12.7. The largest absolute Gasteiger partial charge is 0.317 e. The van der Waals surface area contributed by atoms with Crippen LogP contribution in [0, 0.1) is 5.92 Å². The van der Waals surface area contributed by atoms with E-state index in [4.69, 9.17) is 5.10 Å². The zero-order valence-corrected chi connectivity index (χ0v) is 11.9. The summed E-state index contributed by atoms with van der Waals surface area (Å²) in [5, 5.41) is 9.56. The van der Waals surface area contributed by atoms with Gasteiger partial charge in [0, 0.05) is 18.5 Å². The average molecular weight is 257 g/mol. The molecule has 2 atom stereocenters. The van der Waals surface area contributed by atoms with Crippen LogP contribution in [-0.4, -0.2) is 22.9 Å². The minimum absolute atomic E-state index is 0.662. The molecule has 1 aliphatic carbocycles. The molecule has 0 radical (unpaired) electrons. The molecule has 19 heavy (non-hydrogen) atoms. The predicted octanol–water partition coefficient (Wildman–Crippen LogP) is 2.89. The van der Waals surface area contributed by atoms with Crippen LogP contribution in [0.4, 0.5) is 0 Å². The molecule has 1 aromatic carbocycles. The number of nitrogens with one attached hydrogen (secondary N) is 1. The van der Waals surface area contributed by atoms with Crippen molar-refractivity contribution in [2.24, 2.45) is 13.0 Å². The van der Waals surface area contributed by atoms with Gasteiger partial charge in [0.25, 0.3) is 0 Å². The molecule has 3 rings (SSSR count). The van der Waals surface area contributed by atoms with E-state index in [0.29, 0.717) is 6.04 Å². The number of hydrogen-bond donors (Lipinski definition) is 1. The van der Waals surface area contributed by atoms with Crippen molar-refractivity contribution >= 4 is 10.9 Å². The molecular formula is C16H23N3. The van der Waals surface area contributed by atoms with E-state index in [9.17, 15) is 0 Å². The Morgan fingerprint density at radius 3 is 2.89 bits per heavy atom. The van der Waals surface area contributed by atoms with Gasteiger partial charge in [0.2, 0.25) is 0 Å². The lowest BCUT2D eigenvalue weighted by molar-refractivity contribution is 0.271. The Morgan fingerprint density at radius 2 is 2.05 bits per heavy atom. The van der Waals surface area contributed by atoms with Crippen molar-refractivity contribution in [3.8, 4) is 0 Å². The van der Waals surface area contributed by atoms with Gasteiger partial charge in [0.15, 0.2) is 0 Å². The van der Waals surface area contributed by atoms with Crippen LogP contribution in [0.5, 0.6) is 0 Å². The van der Waals surface area contributed by atoms with Crippen molar-refractivity contribution < 1.29 is 0 Å². The van der Waals surface area contributed by atoms with Crippen LogP contribution >= 0.6 is 0 Å². The number of nitrogens with zero attached hydrogens (tertiary/aromatic N) is 2. The lowest BCUT2D eigenvalue weighted by Crippen LogP contribution is -2.37. The fourth-order valence-electron chi connectivity index (χ4n) is 3.52. The van der Waals surface area contributed by atoms with Gasteiger partial charge in [-0.3, -0.25) is 4.68 Å². The molecule has 1 aliphatic rings.